The van der Waals surface area contributed by atoms with E-state index in [9.17, 15) is 0 Å². The van der Waals surface area contributed by atoms with Gasteiger partial charge in [0.2, 0.25) is 0 Å². The second-order valence-electron chi connectivity index (χ2n) is 6.15. The van der Waals surface area contributed by atoms with Gasteiger partial charge in [0, 0.05) is 40.6 Å². The molecule has 1 aromatic rings. The molecule has 0 atom stereocenters. The Kier molecular flexibility index (Phi) is 5.51. The Labute approximate surface area is 137 Å². The summed E-state index contributed by atoms with van der Waals surface area (Å²) in [7, 11) is 0. The predicted molar refractivity (Wildman–Crippen MR) is 90.9 cm³/mol. The molecule has 0 aliphatic carbocycles. The SMILES string of the molecule is CC(C)(C)N1CCC(NCc2cc(Br)c(Br)s2)CC1. The van der Waals surface area contributed by atoms with E-state index in [1.165, 1.54) is 34.6 Å². The van der Waals surface area contributed by atoms with Crippen LogP contribution in [-0.2, 0) is 6.54 Å². The Morgan fingerprint density at radius 1 is 1.32 bits per heavy atom. The Morgan fingerprint density at radius 2 is 1.95 bits per heavy atom. The zero-order chi connectivity index (χ0) is 14.0. The third-order valence-corrected chi connectivity index (χ3v) is 6.96. The van der Waals surface area contributed by atoms with Gasteiger partial charge in [-0.05, 0) is 71.5 Å². The molecule has 5 heteroatoms. The topological polar surface area (TPSA) is 15.3 Å². The van der Waals surface area contributed by atoms with Crippen LogP contribution in [0.25, 0.3) is 0 Å². The third kappa shape index (κ3) is 4.53. The normalized spacial score (nSPS) is 19.0. The first-order valence-electron chi connectivity index (χ1n) is 6.78. The number of hydrogen-bond donors (Lipinski definition) is 1. The van der Waals surface area contributed by atoms with Crippen LogP contribution in [-0.4, -0.2) is 29.6 Å². The smallest absolute Gasteiger partial charge is 0.0843 e. The molecule has 0 aromatic carbocycles. The summed E-state index contributed by atoms with van der Waals surface area (Å²) in [4.78, 5) is 3.97. The van der Waals surface area contributed by atoms with E-state index in [0.29, 0.717) is 11.6 Å². The van der Waals surface area contributed by atoms with Gasteiger partial charge >= 0.3 is 0 Å². The highest BCUT2D eigenvalue weighted by molar-refractivity contribution is 9.13. The average Bonchev–Trinajstić information content (AvgIpc) is 2.66. The van der Waals surface area contributed by atoms with Gasteiger partial charge in [-0.2, -0.15) is 0 Å². The molecule has 0 amide bonds. The molecule has 1 aliphatic rings. The minimum Gasteiger partial charge on any atom is -0.309 e. The summed E-state index contributed by atoms with van der Waals surface area (Å²) >= 11 is 8.89. The van der Waals surface area contributed by atoms with Gasteiger partial charge in [-0.1, -0.05) is 0 Å². The predicted octanol–water partition coefficient (Wildman–Crippen LogP) is 4.63. The van der Waals surface area contributed by atoms with Crippen LogP contribution in [0.3, 0.4) is 0 Å². The van der Waals surface area contributed by atoms with Gasteiger partial charge in [0.25, 0.3) is 0 Å². The first kappa shape index (κ1) is 16.0. The largest absolute Gasteiger partial charge is 0.309 e. The number of hydrogen-bond acceptors (Lipinski definition) is 3. The Hall–Kier alpha value is 0.580. The molecule has 2 nitrogen and oxygen atoms in total. The second kappa shape index (κ2) is 6.56. The molecular weight excluding hydrogens is 388 g/mol. The summed E-state index contributed by atoms with van der Waals surface area (Å²) in [5, 5.41) is 3.69. The van der Waals surface area contributed by atoms with E-state index in [2.05, 4.69) is 68.9 Å². The lowest BCUT2D eigenvalue weighted by molar-refractivity contribution is 0.0961. The van der Waals surface area contributed by atoms with Gasteiger partial charge in [-0.15, -0.1) is 11.3 Å². The van der Waals surface area contributed by atoms with Gasteiger partial charge in [0.1, 0.15) is 0 Å². The van der Waals surface area contributed by atoms with Crippen molar-refractivity contribution < 1.29 is 0 Å². The van der Waals surface area contributed by atoms with Crippen LogP contribution in [0.15, 0.2) is 14.3 Å². The van der Waals surface area contributed by atoms with Crippen LogP contribution >= 0.6 is 43.2 Å². The second-order valence-corrected chi connectivity index (χ2v) is 9.46. The van der Waals surface area contributed by atoms with Crippen molar-refractivity contribution in [3.05, 3.63) is 19.2 Å². The summed E-state index contributed by atoms with van der Waals surface area (Å²) < 4.78 is 2.35. The van der Waals surface area contributed by atoms with Crippen molar-refractivity contribution in [3.63, 3.8) is 0 Å². The summed E-state index contributed by atoms with van der Waals surface area (Å²) in [5.41, 5.74) is 0.314. The highest BCUT2D eigenvalue weighted by atomic mass is 79.9. The van der Waals surface area contributed by atoms with Crippen molar-refractivity contribution in [2.45, 2.75) is 51.7 Å². The molecule has 1 aromatic heterocycles. The van der Waals surface area contributed by atoms with Crippen molar-refractivity contribution in [2.75, 3.05) is 13.1 Å². The van der Waals surface area contributed by atoms with Crippen LogP contribution in [0.1, 0.15) is 38.5 Å². The fourth-order valence-electron chi connectivity index (χ4n) is 2.48. The Morgan fingerprint density at radius 3 is 2.42 bits per heavy atom. The van der Waals surface area contributed by atoms with E-state index >= 15 is 0 Å². The molecule has 0 unspecified atom stereocenters. The van der Waals surface area contributed by atoms with E-state index in [4.69, 9.17) is 0 Å². The Balaban J connectivity index is 1.77. The van der Waals surface area contributed by atoms with Crippen molar-refractivity contribution in [1.29, 1.82) is 0 Å². The fraction of sp³-hybridized carbons (Fsp3) is 0.714. The number of halogens is 2. The molecule has 108 valence electrons. The maximum Gasteiger partial charge on any atom is 0.0843 e. The minimum absolute atomic E-state index is 0.314. The molecule has 2 rings (SSSR count). The molecule has 0 saturated carbocycles. The van der Waals surface area contributed by atoms with Gasteiger partial charge in [-0.25, -0.2) is 0 Å². The maximum atomic E-state index is 3.69. The molecule has 1 saturated heterocycles. The molecule has 0 spiro atoms. The number of rotatable bonds is 3. The Bertz CT molecular complexity index is 398. The highest BCUT2D eigenvalue weighted by Gasteiger charge is 2.26. The minimum atomic E-state index is 0.314. The van der Waals surface area contributed by atoms with Gasteiger partial charge in [0.15, 0.2) is 0 Å². The number of nitrogens with one attached hydrogen (secondary N) is 1. The van der Waals surface area contributed by atoms with E-state index < -0.39 is 0 Å². The van der Waals surface area contributed by atoms with Gasteiger partial charge in [-0.3, -0.25) is 4.90 Å². The number of piperidine rings is 1. The standard InChI is InChI=1S/C14H22Br2N2S/c1-14(2,3)18-6-4-10(5-7-18)17-9-11-8-12(15)13(16)19-11/h8,10,17H,4-7,9H2,1-3H3. The van der Waals surface area contributed by atoms with Crippen LogP contribution in [0.2, 0.25) is 0 Å². The monoisotopic (exact) mass is 408 g/mol. The fourth-order valence-corrected chi connectivity index (χ4v) is 4.61. The zero-order valence-corrected chi connectivity index (χ0v) is 15.8. The third-order valence-electron chi connectivity index (χ3n) is 3.70. The number of likely N-dealkylation sites (tertiary alicyclic amines) is 1. The van der Waals surface area contributed by atoms with Crippen molar-refractivity contribution in [2.24, 2.45) is 0 Å². The quantitative estimate of drug-likeness (QED) is 0.782. The summed E-state index contributed by atoms with van der Waals surface area (Å²) in [6, 6.07) is 2.87. The molecule has 0 bridgehead atoms. The number of thiophene rings is 1. The lowest BCUT2D eigenvalue weighted by Gasteiger charge is -2.41. The highest BCUT2D eigenvalue weighted by Crippen LogP contribution is 2.32. The summed E-state index contributed by atoms with van der Waals surface area (Å²) in [5.74, 6) is 0. The lowest BCUT2D eigenvalue weighted by Crippen LogP contribution is -2.49. The number of nitrogens with zero attached hydrogens (tertiary/aromatic N) is 1. The van der Waals surface area contributed by atoms with Crippen molar-refractivity contribution >= 4 is 43.2 Å². The molecule has 1 fully saturated rings. The molecule has 1 aliphatic heterocycles. The molecule has 0 radical (unpaired) electrons. The molecule has 2 heterocycles. The first-order valence-corrected chi connectivity index (χ1v) is 9.18. The lowest BCUT2D eigenvalue weighted by atomic mass is 9.98. The van der Waals surface area contributed by atoms with Crippen molar-refractivity contribution in [3.8, 4) is 0 Å². The van der Waals surface area contributed by atoms with Crippen LogP contribution in [0.5, 0.6) is 0 Å². The first-order chi connectivity index (χ1) is 8.86. The average molecular weight is 410 g/mol. The maximum absolute atomic E-state index is 3.69. The summed E-state index contributed by atoms with van der Waals surface area (Å²) in [6.07, 6.45) is 2.51. The molecular formula is C14H22Br2N2S. The van der Waals surface area contributed by atoms with E-state index in [-0.39, 0.29) is 0 Å². The van der Waals surface area contributed by atoms with E-state index in [1.807, 2.05) is 0 Å². The van der Waals surface area contributed by atoms with Gasteiger partial charge in [0.05, 0.1) is 3.79 Å². The van der Waals surface area contributed by atoms with E-state index in [1.54, 1.807) is 11.3 Å². The van der Waals surface area contributed by atoms with E-state index in [0.717, 1.165) is 11.0 Å². The summed E-state index contributed by atoms with van der Waals surface area (Å²) in [6.45, 7) is 10.3. The van der Waals surface area contributed by atoms with Crippen LogP contribution < -0.4 is 5.32 Å². The van der Waals surface area contributed by atoms with Crippen LogP contribution in [0.4, 0.5) is 0 Å². The van der Waals surface area contributed by atoms with Crippen LogP contribution in [0, 0.1) is 0 Å². The molecule has 19 heavy (non-hydrogen) atoms. The van der Waals surface area contributed by atoms with Crippen molar-refractivity contribution in [1.82, 2.24) is 10.2 Å². The zero-order valence-electron chi connectivity index (χ0n) is 11.8. The molecule has 1 N–H and O–H groups in total. The van der Waals surface area contributed by atoms with Gasteiger partial charge < -0.3 is 5.32 Å².